The Balaban J connectivity index is 1.33. The lowest BCUT2D eigenvalue weighted by atomic mass is 9.82. The lowest BCUT2D eigenvalue weighted by Gasteiger charge is -2.32. The van der Waals surface area contributed by atoms with Crippen molar-refractivity contribution in [1.29, 1.82) is 10.5 Å². The van der Waals surface area contributed by atoms with E-state index in [-0.39, 0.29) is 0 Å². The molecule has 8 aromatic carbocycles. The van der Waals surface area contributed by atoms with Gasteiger partial charge in [0.2, 0.25) is 0 Å². The number of hydrogen-bond donors (Lipinski definition) is 0. The van der Waals surface area contributed by atoms with Gasteiger partial charge in [0.1, 0.15) is 0 Å². The number of nitriles is 2. The van der Waals surface area contributed by atoms with Crippen LogP contribution >= 0.6 is 0 Å². The second-order valence-electron chi connectivity index (χ2n) is 15.7. The van der Waals surface area contributed by atoms with Crippen molar-refractivity contribution in [3.63, 3.8) is 0 Å². The van der Waals surface area contributed by atoms with E-state index in [4.69, 9.17) is 0 Å². The van der Waals surface area contributed by atoms with E-state index in [2.05, 4.69) is 143 Å². The molecular weight excluding hydrogens is 681 g/mol. The second-order valence-corrected chi connectivity index (χ2v) is 15.7. The summed E-state index contributed by atoms with van der Waals surface area (Å²) in [5.41, 5.74) is 10.8. The average molecular weight is 723 g/mol. The van der Waals surface area contributed by atoms with E-state index in [9.17, 15) is 10.5 Å². The fourth-order valence-corrected chi connectivity index (χ4v) is 9.91. The van der Waals surface area contributed by atoms with Gasteiger partial charge in [0.15, 0.2) is 0 Å². The minimum absolute atomic E-state index is 0.491. The monoisotopic (exact) mass is 722 g/mol. The van der Waals surface area contributed by atoms with E-state index in [1.807, 2.05) is 24.3 Å². The number of rotatable bonds is 8. The van der Waals surface area contributed by atoms with Gasteiger partial charge in [-0.25, -0.2) is 0 Å². The predicted molar refractivity (Wildman–Crippen MR) is 231 cm³/mol. The number of benzene rings is 8. The van der Waals surface area contributed by atoms with Crippen molar-refractivity contribution in [3.05, 3.63) is 168 Å². The molecule has 0 amide bonds. The molecule has 0 heterocycles. The fraction of sp³-hybridized carbons (Fsp3) is 0.192. The summed E-state index contributed by atoms with van der Waals surface area (Å²) in [6.07, 6.45) is 9.82. The number of hydrogen-bond acceptors (Lipinski definition) is 4. The molecule has 2 aliphatic rings. The van der Waals surface area contributed by atoms with Gasteiger partial charge in [-0.1, -0.05) is 86.3 Å². The van der Waals surface area contributed by atoms with Crippen LogP contribution in [-0.4, -0.2) is 0 Å². The Morgan fingerprint density at radius 2 is 0.732 bits per heavy atom. The zero-order chi connectivity index (χ0) is 37.6. The summed E-state index contributed by atoms with van der Waals surface area (Å²) in [4.78, 5) is 4.80. The Hall–Kier alpha value is -6.62. The molecule has 0 radical (unpaired) electrons. The first-order valence-corrected chi connectivity index (χ1v) is 20.2. The van der Waals surface area contributed by atoms with Crippen LogP contribution in [0.3, 0.4) is 0 Å². The highest BCUT2D eigenvalue weighted by molar-refractivity contribution is 6.29. The maximum atomic E-state index is 9.71. The molecule has 0 bridgehead atoms. The molecule has 10 rings (SSSR count). The van der Waals surface area contributed by atoms with E-state index in [0.717, 1.165) is 22.7 Å². The summed E-state index contributed by atoms with van der Waals surface area (Å²) in [5, 5.41) is 27.3. The molecule has 270 valence electrons. The van der Waals surface area contributed by atoms with E-state index < -0.39 is 0 Å². The molecular formula is C52H42N4. The van der Waals surface area contributed by atoms with Crippen molar-refractivity contribution in [2.24, 2.45) is 0 Å². The molecule has 4 heteroatoms. The second kappa shape index (κ2) is 14.2. The van der Waals surface area contributed by atoms with Crippen LogP contribution in [0.2, 0.25) is 0 Å². The van der Waals surface area contributed by atoms with Crippen LogP contribution in [-0.2, 0) is 0 Å². The normalized spacial score (nSPS) is 14.8. The van der Waals surface area contributed by atoms with Gasteiger partial charge < -0.3 is 9.80 Å². The Morgan fingerprint density at radius 1 is 0.393 bits per heavy atom. The first kappa shape index (κ1) is 33.9. The van der Waals surface area contributed by atoms with E-state index in [1.54, 1.807) is 0 Å². The Morgan fingerprint density at radius 3 is 1.09 bits per heavy atom. The third kappa shape index (κ3) is 5.73. The summed E-state index contributed by atoms with van der Waals surface area (Å²) < 4.78 is 0. The van der Waals surface area contributed by atoms with Gasteiger partial charge in [-0.2, -0.15) is 10.5 Å². The highest BCUT2D eigenvalue weighted by atomic mass is 15.1. The molecule has 2 saturated carbocycles. The first-order chi connectivity index (χ1) is 27.7. The Labute approximate surface area is 328 Å². The quantitative estimate of drug-likeness (QED) is 0.147. The molecule has 56 heavy (non-hydrogen) atoms. The minimum atomic E-state index is 0.491. The summed E-state index contributed by atoms with van der Waals surface area (Å²) in [5.74, 6) is 0.982. The maximum Gasteiger partial charge on any atom is 0.0991 e. The molecule has 0 aromatic heterocycles. The van der Waals surface area contributed by atoms with Crippen LogP contribution in [0.4, 0.5) is 34.1 Å². The zero-order valence-electron chi connectivity index (χ0n) is 31.5. The molecule has 0 spiro atoms. The SMILES string of the molecule is N#Cc1ccc(N(c2ccccc2)c2cc(C3CCCC3)c3ccc4c(N(c5ccccc5)c5ccc(C#N)cc5)cc(C5CCCC5)c5ccc2c3c54)cc1. The standard InChI is InChI=1S/C52H42N4/c53-33-35-19-23-41(24-20-35)55(39-15-3-1-4-16-39)49-31-47(37-11-7-8-12-37)43-28-30-46-50(56(40-17-5-2-6-18-40)42-25-21-36(34-54)22-26-42)32-48(38-13-9-10-14-38)44-27-29-45(49)51(43)52(44)46/h1-6,15-32,37-38H,7-14H2. The number of anilines is 6. The van der Waals surface area contributed by atoms with Gasteiger partial charge in [-0.05, 0) is 155 Å². The Bertz CT molecular complexity index is 2570. The highest BCUT2D eigenvalue weighted by Crippen LogP contribution is 2.53. The summed E-state index contributed by atoms with van der Waals surface area (Å²) in [7, 11) is 0. The van der Waals surface area contributed by atoms with Crippen molar-refractivity contribution in [2.75, 3.05) is 9.80 Å². The van der Waals surface area contributed by atoms with Gasteiger partial charge in [0.05, 0.1) is 34.6 Å². The Kier molecular flexibility index (Phi) is 8.61. The average Bonchev–Trinajstić information content (AvgIpc) is 4.01. The van der Waals surface area contributed by atoms with Crippen LogP contribution in [0.15, 0.2) is 146 Å². The third-order valence-corrected chi connectivity index (χ3v) is 12.5. The van der Waals surface area contributed by atoms with Crippen LogP contribution in [0.5, 0.6) is 0 Å². The molecule has 0 atom stereocenters. The highest BCUT2D eigenvalue weighted by Gasteiger charge is 2.29. The van der Waals surface area contributed by atoms with Crippen LogP contribution in [0, 0.1) is 22.7 Å². The van der Waals surface area contributed by atoms with Crippen molar-refractivity contribution < 1.29 is 0 Å². The molecule has 0 aliphatic heterocycles. The van der Waals surface area contributed by atoms with Crippen molar-refractivity contribution in [2.45, 2.75) is 63.2 Å². The van der Waals surface area contributed by atoms with Crippen molar-refractivity contribution in [1.82, 2.24) is 0 Å². The van der Waals surface area contributed by atoms with Crippen molar-refractivity contribution >= 4 is 66.4 Å². The molecule has 0 N–H and O–H groups in total. The van der Waals surface area contributed by atoms with Gasteiger partial charge in [0, 0.05) is 33.5 Å². The molecule has 4 nitrogen and oxygen atoms in total. The van der Waals surface area contributed by atoms with E-state index in [1.165, 1.54) is 106 Å². The lowest BCUT2D eigenvalue weighted by molar-refractivity contribution is 0.729. The third-order valence-electron chi connectivity index (χ3n) is 12.5. The molecule has 2 aliphatic carbocycles. The fourth-order valence-electron chi connectivity index (χ4n) is 9.91. The predicted octanol–water partition coefficient (Wildman–Crippen LogP) is 14.6. The van der Waals surface area contributed by atoms with Gasteiger partial charge >= 0.3 is 0 Å². The van der Waals surface area contributed by atoms with Crippen LogP contribution in [0.25, 0.3) is 32.3 Å². The van der Waals surface area contributed by atoms with Gasteiger partial charge in [0.25, 0.3) is 0 Å². The number of para-hydroxylation sites is 2. The van der Waals surface area contributed by atoms with Gasteiger partial charge in [-0.15, -0.1) is 0 Å². The topological polar surface area (TPSA) is 54.1 Å². The minimum Gasteiger partial charge on any atom is -0.310 e. The molecule has 8 aromatic rings. The summed E-state index contributed by atoms with van der Waals surface area (Å²) in [6, 6.07) is 56.7. The largest absolute Gasteiger partial charge is 0.310 e. The lowest BCUT2D eigenvalue weighted by Crippen LogP contribution is -2.13. The zero-order valence-corrected chi connectivity index (χ0v) is 31.5. The number of nitrogens with zero attached hydrogens (tertiary/aromatic N) is 4. The van der Waals surface area contributed by atoms with E-state index >= 15 is 0 Å². The maximum absolute atomic E-state index is 9.71. The van der Waals surface area contributed by atoms with E-state index in [0.29, 0.717) is 23.0 Å². The molecule has 0 saturated heterocycles. The molecule has 2 fully saturated rings. The van der Waals surface area contributed by atoms with Crippen LogP contribution < -0.4 is 9.80 Å². The van der Waals surface area contributed by atoms with Crippen molar-refractivity contribution in [3.8, 4) is 12.1 Å². The smallest absolute Gasteiger partial charge is 0.0991 e. The summed E-state index contributed by atoms with van der Waals surface area (Å²) in [6.45, 7) is 0. The summed E-state index contributed by atoms with van der Waals surface area (Å²) >= 11 is 0. The van der Waals surface area contributed by atoms with Gasteiger partial charge in [-0.3, -0.25) is 0 Å². The first-order valence-electron chi connectivity index (χ1n) is 20.2. The van der Waals surface area contributed by atoms with Crippen LogP contribution in [0.1, 0.15) is 85.5 Å². The molecule has 0 unspecified atom stereocenters.